The first-order chi connectivity index (χ1) is 14.5. The fourth-order valence-electron chi connectivity index (χ4n) is 3.18. The summed E-state index contributed by atoms with van der Waals surface area (Å²) in [6.07, 6.45) is 0. The second-order valence-electron chi connectivity index (χ2n) is 6.88. The summed E-state index contributed by atoms with van der Waals surface area (Å²) in [5.41, 5.74) is 1.30. The Labute approximate surface area is 177 Å². The van der Waals surface area contributed by atoms with Crippen molar-refractivity contribution in [1.82, 2.24) is 9.55 Å². The number of fused-ring (bicyclic) bond motifs is 2. The molecule has 30 heavy (non-hydrogen) atoms. The minimum absolute atomic E-state index is 0.157. The molecule has 0 saturated carbocycles. The van der Waals surface area contributed by atoms with E-state index in [2.05, 4.69) is 16.4 Å². The lowest BCUT2D eigenvalue weighted by Gasteiger charge is -2.15. The third-order valence-electron chi connectivity index (χ3n) is 4.86. The summed E-state index contributed by atoms with van der Waals surface area (Å²) in [6.45, 7) is 1.74. The first-order valence-electron chi connectivity index (χ1n) is 9.34. The molecule has 0 fully saturated rings. The molecule has 0 aliphatic heterocycles. The Hall–Kier alpha value is -3.63. The van der Waals surface area contributed by atoms with Gasteiger partial charge in [-0.05, 0) is 42.0 Å². The molecule has 1 aromatic heterocycles. The fraction of sp³-hybridized carbons (Fsp3) is 0.130. The Kier molecular flexibility index (Phi) is 5.25. The molecule has 3 aromatic carbocycles. The van der Waals surface area contributed by atoms with Crippen LogP contribution in [0.2, 0.25) is 0 Å². The van der Waals surface area contributed by atoms with Crippen LogP contribution in [-0.4, -0.2) is 20.7 Å². The molecule has 0 aliphatic rings. The van der Waals surface area contributed by atoms with Crippen LogP contribution in [0.4, 0.5) is 5.69 Å². The molecular formula is C23H18N4O2S. The lowest BCUT2D eigenvalue weighted by molar-refractivity contribution is -0.115. The number of nitrogens with zero attached hydrogens (tertiary/aromatic N) is 3. The average Bonchev–Trinajstić information content (AvgIpc) is 2.76. The summed E-state index contributed by atoms with van der Waals surface area (Å²) >= 11 is 1.20. The van der Waals surface area contributed by atoms with Crippen molar-refractivity contribution < 1.29 is 4.79 Å². The van der Waals surface area contributed by atoms with Gasteiger partial charge in [0.2, 0.25) is 5.91 Å². The van der Waals surface area contributed by atoms with Crippen molar-refractivity contribution >= 4 is 45.0 Å². The van der Waals surface area contributed by atoms with Crippen LogP contribution in [0.1, 0.15) is 12.5 Å². The Bertz CT molecular complexity index is 1390. The van der Waals surface area contributed by atoms with Crippen LogP contribution in [0.5, 0.6) is 0 Å². The highest BCUT2D eigenvalue weighted by atomic mass is 32.2. The summed E-state index contributed by atoms with van der Waals surface area (Å²) in [5, 5.41) is 14.4. The monoisotopic (exact) mass is 414 g/mol. The van der Waals surface area contributed by atoms with Crippen molar-refractivity contribution in [3.63, 3.8) is 0 Å². The normalized spacial score (nSPS) is 11.9. The molecule has 1 N–H and O–H groups in total. The van der Waals surface area contributed by atoms with Gasteiger partial charge in [0.05, 0.1) is 27.4 Å². The van der Waals surface area contributed by atoms with E-state index in [1.807, 2.05) is 36.4 Å². The summed E-state index contributed by atoms with van der Waals surface area (Å²) in [6, 6.07) is 20.4. The third-order valence-corrected chi connectivity index (χ3v) is 6.00. The van der Waals surface area contributed by atoms with Crippen molar-refractivity contribution in [3.05, 3.63) is 76.6 Å². The number of hydrogen-bond donors (Lipinski definition) is 1. The summed E-state index contributed by atoms with van der Waals surface area (Å²) in [7, 11) is 1.65. The van der Waals surface area contributed by atoms with Crippen LogP contribution in [0.3, 0.4) is 0 Å². The van der Waals surface area contributed by atoms with E-state index in [0.29, 0.717) is 27.3 Å². The molecule has 0 aliphatic carbocycles. The molecule has 1 heterocycles. The van der Waals surface area contributed by atoms with Gasteiger partial charge in [0.15, 0.2) is 5.16 Å². The van der Waals surface area contributed by atoms with Crippen molar-refractivity contribution in [2.75, 3.05) is 5.32 Å². The zero-order valence-electron chi connectivity index (χ0n) is 16.4. The average molecular weight is 414 g/mol. The molecule has 0 radical (unpaired) electrons. The van der Waals surface area contributed by atoms with Crippen LogP contribution in [-0.2, 0) is 11.8 Å². The zero-order valence-corrected chi connectivity index (χ0v) is 17.2. The first kappa shape index (κ1) is 19.7. The summed E-state index contributed by atoms with van der Waals surface area (Å²) < 4.78 is 1.47. The number of carbonyl (C=O) groups excluding carboxylic acids is 1. The largest absolute Gasteiger partial charge is 0.324 e. The quantitative estimate of drug-likeness (QED) is 0.309. The SMILES string of the molecule is C[C@@H](Sc1nc2cc3ccccc3cc2c(=O)n1C)C(=O)Nc1ccccc1C#N. The van der Waals surface area contributed by atoms with E-state index < -0.39 is 5.25 Å². The van der Waals surface area contributed by atoms with E-state index in [9.17, 15) is 14.9 Å². The Balaban J connectivity index is 1.65. The molecule has 4 rings (SSSR count). The van der Waals surface area contributed by atoms with Gasteiger partial charge in [-0.1, -0.05) is 48.2 Å². The van der Waals surface area contributed by atoms with E-state index >= 15 is 0 Å². The van der Waals surface area contributed by atoms with E-state index in [1.54, 1.807) is 38.2 Å². The molecule has 0 unspecified atom stereocenters. The highest BCUT2D eigenvalue weighted by Gasteiger charge is 2.19. The van der Waals surface area contributed by atoms with E-state index in [-0.39, 0.29) is 11.5 Å². The third kappa shape index (κ3) is 3.65. The number of hydrogen-bond acceptors (Lipinski definition) is 5. The minimum Gasteiger partial charge on any atom is -0.324 e. The van der Waals surface area contributed by atoms with Gasteiger partial charge in [-0.2, -0.15) is 5.26 Å². The highest BCUT2D eigenvalue weighted by molar-refractivity contribution is 8.00. The number of anilines is 1. The summed E-state index contributed by atoms with van der Waals surface area (Å²) in [5.74, 6) is -0.268. The summed E-state index contributed by atoms with van der Waals surface area (Å²) in [4.78, 5) is 30.2. The van der Waals surface area contributed by atoms with Gasteiger partial charge in [0, 0.05) is 7.05 Å². The molecule has 1 atom stereocenters. The van der Waals surface area contributed by atoms with E-state index in [4.69, 9.17) is 0 Å². The second-order valence-corrected chi connectivity index (χ2v) is 8.19. The molecule has 0 saturated heterocycles. The fourth-order valence-corrected chi connectivity index (χ4v) is 4.05. The van der Waals surface area contributed by atoms with Crippen LogP contribution < -0.4 is 10.9 Å². The maximum Gasteiger partial charge on any atom is 0.261 e. The number of amides is 1. The van der Waals surface area contributed by atoms with Gasteiger partial charge >= 0.3 is 0 Å². The number of nitriles is 1. The maximum atomic E-state index is 12.9. The van der Waals surface area contributed by atoms with Crippen LogP contribution in [0.25, 0.3) is 21.7 Å². The smallest absolute Gasteiger partial charge is 0.261 e. The lowest BCUT2D eigenvalue weighted by Crippen LogP contribution is -2.25. The predicted molar refractivity (Wildman–Crippen MR) is 120 cm³/mol. The van der Waals surface area contributed by atoms with Gasteiger partial charge in [0.1, 0.15) is 6.07 Å². The van der Waals surface area contributed by atoms with Gasteiger partial charge in [0.25, 0.3) is 5.56 Å². The topological polar surface area (TPSA) is 87.8 Å². The van der Waals surface area contributed by atoms with Gasteiger partial charge in [-0.15, -0.1) is 0 Å². The molecule has 4 aromatic rings. The molecule has 7 heteroatoms. The molecule has 6 nitrogen and oxygen atoms in total. The lowest BCUT2D eigenvalue weighted by atomic mass is 10.1. The first-order valence-corrected chi connectivity index (χ1v) is 10.2. The van der Waals surface area contributed by atoms with Crippen LogP contribution in [0.15, 0.2) is 70.6 Å². The molecular weight excluding hydrogens is 396 g/mol. The van der Waals surface area contributed by atoms with Crippen molar-refractivity contribution in [3.8, 4) is 6.07 Å². The Morgan fingerprint density at radius 1 is 1.13 bits per heavy atom. The van der Waals surface area contributed by atoms with Gasteiger partial charge < -0.3 is 5.32 Å². The number of nitrogens with one attached hydrogen (secondary N) is 1. The van der Waals surface area contributed by atoms with Crippen molar-refractivity contribution in [2.24, 2.45) is 7.05 Å². The van der Waals surface area contributed by atoms with Crippen molar-refractivity contribution in [1.29, 1.82) is 5.26 Å². The molecule has 1 amide bonds. The number of thioether (sulfide) groups is 1. The predicted octanol–water partition coefficient (Wildman–Crippen LogP) is 4.08. The Morgan fingerprint density at radius 3 is 2.53 bits per heavy atom. The maximum absolute atomic E-state index is 12.9. The minimum atomic E-state index is -0.521. The van der Waals surface area contributed by atoms with Gasteiger partial charge in [-0.25, -0.2) is 4.98 Å². The number of aromatic nitrogens is 2. The van der Waals surface area contributed by atoms with E-state index in [1.165, 1.54) is 16.3 Å². The number of para-hydroxylation sites is 1. The molecule has 0 bridgehead atoms. The number of carbonyl (C=O) groups is 1. The van der Waals surface area contributed by atoms with Gasteiger partial charge in [-0.3, -0.25) is 14.2 Å². The molecule has 148 valence electrons. The van der Waals surface area contributed by atoms with Crippen molar-refractivity contribution in [2.45, 2.75) is 17.3 Å². The van der Waals surface area contributed by atoms with Crippen LogP contribution in [0, 0.1) is 11.3 Å². The molecule has 0 spiro atoms. The standard InChI is InChI=1S/C23H18N4O2S/c1-14(21(28)25-19-10-6-5-9-17(19)13-24)30-23-26-20-12-16-8-4-3-7-15(16)11-18(20)22(29)27(23)2/h3-12,14H,1-2H3,(H,25,28)/t14-/m1/s1. The highest BCUT2D eigenvalue weighted by Crippen LogP contribution is 2.25. The second kappa shape index (κ2) is 8.01. The van der Waals surface area contributed by atoms with Crippen LogP contribution >= 0.6 is 11.8 Å². The zero-order chi connectivity index (χ0) is 21.3. The van der Waals surface area contributed by atoms with E-state index in [0.717, 1.165) is 10.8 Å². The Morgan fingerprint density at radius 2 is 1.80 bits per heavy atom. The number of benzene rings is 3. The number of rotatable bonds is 4.